The molecule has 0 unspecified atom stereocenters. The molecule has 0 aliphatic carbocycles. The third-order valence-electron chi connectivity index (χ3n) is 2.91. The molecular weight excluding hydrogens is 276 g/mol. The highest BCUT2D eigenvalue weighted by atomic mass is 16.5. The quantitative estimate of drug-likeness (QED) is 0.565. The molecule has 2 N–H and O–H groups in total. The van der Waals surface area contributed by atoms with E-state index in [9.17, 15) is 9.59 Å². The molecule has 0 aromatic heterocycles. The predicted octanol–water partition coefficient (Wildman–Crippen LogP) is 0.0838. The Morgan fingerprint density at radius 3 is 1.57 bits per heavy atom. The minimum atomic E-state index is -0.500. The van der Waals surface area contributed by atoms with E-state index in [1.807, 2.05) is 13.8 Å². The van der Waals surface area contributed by atoms with Gasteiger partial charge in [0.15, 0.2) is 0 Å². The highest BCUT2D eigenvalue weighted by molar-refractivity contribution is 5.81. The fourth-order valence-corrected chi connectivity index (χ4v) is 1.61. The average Bonchev–Trinajstić information content (AvgIpc) is 2.47. The van der Waals surface area contributed by atoms with Crippen LogP contribution in [0.2, 0.25) is 0 Å². The zero-order chi connectivity index (χ0) is 16.3. The molecule has 0 fully saturated rings. The second-order valence-corrected chi connectivity index (χ2v) is 4.54. The molecule has 0 rings (SSSR count). The van der Waals surface area contributed by atoms with Gasteiger partial charge < -0.3 is 24.8 Å². The lowest BCUT2D eigenvalue weighted by molar-refractivity contribution is -0.132. The van der Waals surface area contributed by atoms with E-state index in [0.29, 0.717) is 26.3 Å². The summed E-state index contributed by atoms with van der Waals surface area (Å²) in [6.45, 7) is 8.60. The number of carbonyl (C=O) groups is 2. The van der Waals surface area contributed by atoms with Gasteiger partial charge in [-0.3, -0.25) is 9.59 Å². The van der Waals surface area contributed by atoms with Crippen LogP contribution in [-0.2, 0) is 23.8 Å². The van der Waals surface area contributed by atoms with Gasteiger partial charge in [0.05, 0.1) is 6.10 Å². The molecule has 0 saturated carbocycles. The first-order valence-corrected chi connectivity index (χ1v) is 7.27. The van der Waals surface area contributed by atoms with Crippen LogP contribution < -0.4 is 10.6 Å². The summed E-state index contributed by atoms with van der Waals surface area (Å²) >= 11 is 0. The number of hydrogen-bond acceptors (Lipinski definition) is 5. The lowest BCUT2D eigenvalue weighted by Gasteiger charge is -2.19. The van der Waals surface area contributed by atoms with Crippen LogP contribution in [0.15, 0.2) is 0 Å². The molecule has 21 heavy (non-hydrogen) atoms. The predicted molar refractivity (Wildman–Crippen MR) is 79.0 cm³/mol. The molecule has 124 valence electrons. The molecule has 0 saturated heterocycles. The summed E-state index contributed by atoms with van der Waals surface area (Å²) in [6, 6.07) is 0. The maximum absolute atomic E-state index is 11.7. The van der Waals surface area contributed by atoms with Crippen LogP contribution in [0.4, 0.5) is 0 Å². The molecule has 0 spiro atoms. The number of hydrogen-bond donors (Lipinski definition) is 2. The van der Waals surface area contributed by atoms with Crippen molar-refractivity contribution in [2.75, 3.05) is 33.4 Å². The van der Waals surface area contributed by atoms with Gasteiger partial charge in [-0.05, 0) is 27.7 Å². The Bertz CT molecular complexity index is 284. The fourth-order valence-electron chi connectivity index (χ4n) is 1.61. The van der Waals surface area contributed by atoms with Crippen molar-refractivity contribution in [3.8, 4) is 0 Å². The van der Waals surface area contributed by atoms with Gasteiger partial charge in [-0.15, -0.1) is 0 Å². The number of ether oxygens (including phenoxy) is 3. The minimum Gasteiger partial charge on any atom is -0.378 e. The van der Waals surface area contributed by atoms with E-state index in [1.165, 1.54) is 7.11 Å². The summed E-state index contributed by atoms with van der Waals surface area (Å²) in [5.74, 6) is -0.402. The van der Waals surface area contributed by atoms with E-state index < -0.39 is 12.2 Å². The highest BCUT2D eigenvalue weighted by Gasteiger charge is 2.17. The highest BCUT2D eigenvalue weighted by Crippen LogP contribution is 1.94. The van der Waals surface area contributed by atoms with Crippen molar-refractivity contribution in [2.24, 2.45) is 0 Å². The van der Waals surface area contributed by atoms with Gasteiger partial charge in [-0.1, -0.05) is 0 Å². The Balaban J connectivity index is 4.06. The molecule has 7 heteroatoms. The molecular formula is C14H28N2O5. The summed E-state index contributed by atoms with van der Waals surface area (Å²) in [6.07, 6.45) is -1.30. The van der Waals surface area contributed by atoms with Crippen molar-refractivity contribution in [1.29, 1.82) is 0 Å². The number of carbonyl (C=O) groups excluding carboxylic acids is 2. The Morgan fingerprint density at radius 1 is 0.905 bits per heavy atom. The SMILES string of the molecule is CCO[C@@H](C)C(=O)NCC(CNC(=O)[C@H](C)OCC)OC. The Morgan fingerprint density at radius 2 is 1.29 bits per heavy atom. The van der Waals surface area contributed by atoms with E-state index in [2.05, 4.69) is 10.6 Å². The number of methoxy groups -OCH3 is 1. The van der Waals surface area contributed by atoms with Crippen molar-refractivity contribution in [3.63, 3.8) is 0 Å². The number of nitrogens with one attached hydrogen (secondary N) is 2. The second-order valence-electron chi connectivity index (χ2n) is 4.54. The third-order valence-corrected chi connectivity index (χ3v) is 2.91. The Kier molecular flexibility index (Phi) is 10.8. The summed E-state index contributed by atoms with van der Waals surface area (Å²) in [4.78, 5) is 23.4. The Labute approximate surface area is 126 Å². The maximum atomic E-state index is 11.7. The number of amides is 2. The fraction of sp³-hybridized carbons (Fsp3) is 0.857. The van der Waals surface area contributed by atoms with Gasteiger partial charge in [0.25, 0.3) is 0 Å². The van der Waals surface area contributed by atoms with Crippen LogP contribution >= 0.6 is 0 Å². The van der Waals surface area contributed by atoms with Crippen LogP contribution in [-0.4, -0.2) is 63.5 Å². The summed E-state index contributed by atoms with van der Waals surface area (Å²) in [7, 11) is 1.53. The van der Waals surface area contributed by atoms with Crippen LogP contribution in [0.1, 0.15) is 27.7 Å². The zero-order valence-corrected chi connectivity index (χ0v) is 13.6. The van der Waals surface area contributed by atoms with Crippen molar-refractivity contribution in [3.05, 3.63) is 0 Å². The molecule has 0 bridgehead atoms. The lowest BCUT2D eigenvalue weighted by atomic mass is 10.3. The van der Waals surface area contributed by atoms with E-state index in [1.54, 1.807) is 13.8 Å². The van der Waals surface area contributed by atoms with Gasteiger partial charge in [0.1, 0.15) is 12.2 Å². The number of rotatable bonds is 11. The van der Waals surface area contributed by atoms with Crippen LogP contribution in [0.5, 0.6) is 0 Å². The average molecular weight is 304 g/mol. The van der Waals surface area contributed by atoms with Crippen LogP contribution in [0.25, 0.3) is 0 Å². The molecule has 0 aromatic carbocycles. The zero-order valence-electron chi connectivity index (χ0n) is 13.6. The molecule has 0 aromatic rings. The minimum absolute atomic E-state index is 0.201. The van der Waals surface area contributed by atoms with Crippen molar-refractivity contribution in [2.45, 2.75) is 46.0 Å². The molecule has 7 nitrogen and oxygen atoms in total. The first kappa shape index (κ1) is 19.8. The molecule has 0 heterocycles. The van der Waals surface area contributed by atoms with E-state index in [4.69, 9.17) is 14.2 Å². The van der Waals surface area contributed by atoms with E-state index in [-0.39, 0.29) is 17.9 Å². The molecule has 2 amide bonds. The molecule has 0 aliphatic heterocycles. The lowest BCUT2D eigenvalue weighted by Crippen LogP contribution is -2.45. The van der Waals surface area contributed by atoms with Crippen LogP contribution in [0.3, 0.4) is 0 Å². The monoisotopic (exact) mass is 304 g/mol. The van der Waals surface area contributed by atoms with Gasteiger partial charge >= 0.3 is 0 Å². The maximum Gasteiger partial charge on any atom is 0.248 e. The van der Waals surface area contributed by atoms with Gasteiger partial charge in [-0.25, -0.2) is 0 Å². The van der Waals surface area contributed by atoms with E-state index in [0.717, 1.165) is 0 Å². The van der Waals surface area contributed by atoms with Gasteiger partial charge in [0.2, 0.25) is 11.8 Å². The third kappa shape index (κ3) is 8.64. The largest absolute Gasteiger partial charge is 0.378 e. The summed E-state index contributed by atoms with van der Waals surface area (Å²) in [5, 5.41) is 5.45. The van der Waals surface area contributed by atoms with Crippen molar-refractivity contribution in [1.82, 2.24) is 10.6 Å². The first-order chi connectivity index (χ1) is 9.96. The van der Waals surface area contributed by atoms with Crippen molar-refractivity contribution < 1.29 is 23.8 Å². The van der Waals surface area contributed by atoms with Gasteiger partial charge in [-0.2, -0.15) is 0 Å². The topological polar surface area (TPSA) is 85.9 Å². The summed E-state index contributed by atoms with van der Waals surface area (Å²) < 4.78 is 15.6. The standard InChI is InChI=1S/C14H28N2O5/c1-6-20-10(3)13(17)15-8-12(19-5)9-16-14(18)11(4)21-7-2/h10-12H,6-9H2,1-5H3,(H,15,17)(H,16,18)/t10-,11-/m0/s1. The van der Waals surface area contributed by atoms with Crippen molar-refractivity contribution >= 4 is 11.8 Å². The molecule has 2 atom stereocenters. The van der Waals surface area contributed by atoms with Gasteiger partial charge in [0, 0.05) is 33.4 Å². The molecule has 0 aliphatic rings. The molecule has 0 radical (unpaired) electrons. The summed E-state index contributed by atoms with van der Waals surface area (Å²) in [5.41, 5.74) is 0. The smallest absolute Gasteiger partial charge is 0.248 e. The van der Waals surface area contributed by atoms with E-state index >= 15 is 0 Å². The van der Waals surface area contributed by atoms with Crippen LogP contribution in [0, 0.1) is 0 Å². The normalized spacial score (nSPS) is 13.8. The first-order valence-electron chi connectivity index (χ1n) is 7.27. The Hall–Kier alpha value is -1.18. The second kappa shape index (κ2) is 11.5.